The van der Waals surface area contributed by atoms with Crippen molar-refractivity contribution in [2.24, 2.45) is 5.92 Å². The minimum Gasteiger partial charge on any atom is -0.294 e. The number of hydrogen-bond acceptors (Lipinski definition) is 1. The Morgan fingerprint density at radius 3 is 2.18 bits per heavy atom. The zero-order valence-corrected chi connectivity index (χ0v) is 13.1. The van der Waals surface area contributed by atoms with Gasteiger partial charge in [-0.15, -0.1) is 0 Å². The van der Waals surface area contributed by atoms with E-state index in [0.29, 0.717) is 6.42 Å². The molecule has 0 aliphatic heterocycles. The molecule has 1 nitrogen and oxygen atoms in total. The topological polar surface area (TPSA) is 17.1 Å². The number of carbonyl (C=O) groups excluding carboxylic acids is 1. The molecular weight excluding hydrogens is 268 g/mol. The summed E-state index contributed by atoms with van der Waals surface area (Å²) in [5.74, 6) is 1.03. The van der Waals surface area contributed by atoms with E-state index >= 15 is 0 Å². The lowest BCUT2D eigenvalue weighted by atomic mass is 9.83. The van der Waals surface area contributed by atoms with E-state index in [-0.39, 0.29) is 5.78 Å². The second-order valence-electron chi connectivity index (χ2n) is 6.44. The second kappa shape index (κ2) is 7.40. The molecule has 2 aromatic carbocycles. The highest BCUT2D eigenvalue weighted by Crippen LogP contribution is 2.28. The fourth-order valence-corrected chi connectivity index (χ4v) is 3.53. The van der Waals surface area contributed by atoms with E-state index in [9.17, 15) is 4.79 Å². The van der Waals surface area contributed by atoms with Gasteiger partial charge >= 0.3 is 0 Å². The molecule has 1 heteroatoms. The van der Waals surface area contributed by atoms with Crippen LogP contribution in [0.4, 0.5) is 0 Å². The van der Waals surface area contributed by atoms with Crippen molar-refractivity contribution in [1.82, 2.24) is 0 Å². The highest BCUT2D eigenvalue weighted by molar-refractivity contribution is 5.97. The fraction of sp³-hybridized carbons (Fsp3) is 0.381. The standard InChI is InChI=1S/C21H24O/c22-21(18-11-5-2-6-12-18)16-20-14-8-7-13-19(20)15-17-9-3-1-4-10-17/h2,5-8,11-14,17H,1,3-4,9-10,15-16H2. The lowest BCUT2D eigenvalue weighted by Gasteiger charge is -2.22. The zero-order valence-electron chi connectivity index (χ0n) is 13.1. The smallest absolute Gasteiger partial charge is 0.167 e. The first-order valence-electron chi connectivity index (χ1n) is 8.48. The van der Waals surface area contributed by atoms with E-state index in [1.54, 1.807) is 0 Å². The zero-order chi connectivity index (χ0) is 15.2. The Morgan fingerprint density at radius 1 is 0.818 bits per heavy atom. The van der Waals surface area contributed by atoms with Gasteiger partial charge < -0.3 is 0 Å². The molecule has 0 spiro atoms. The van der Waals surface area contributed by atoms with E-state index in [0.717, 1.165) is 17.9 Å². The number of rotatable bonds is 5. The maximum absolute atomic E-state index is 12.5. The Labute approximate surface area is 133 Å². The Morgan fingerprint density at radius 2 is 1.45 bits per heavy atom. The maximum atomic E-state index is 12.5. The summed E-state index contributed by atoms with van der Waals surface area (Å²) in [7, 11) is 0. The van der Waals surface area contributed by atoms with Gasteiger partial charge in [0.25, 0.3) is 0 Å². The van der Waals surface area contributed by atoms with E-state index in [4.69, 9.17) is 0 Å². The van der Waals surface area contributed by atoms with Crippen molar-refractivity contribution in [3.63, 3.8) is 0 Å². The molecule has 0 unspecified atom stereocenters. The molecule has 1 aliphatic rings. The van der Waals surface area contributed by atoms with Gasteiger partial charge in [0.15, 0.2) is 5.78 Å². The summed E-state index contributed by atoms with van der Waals surface area (Å²) < 4.78 is 0. The summed E-state index contributed by atoms with van der Waals surface area (Å²) in [6.07, 6.45) is 8.49. The maximum Gasteiger partial charge on any atom is 0.167 e. The molecule has 0 aromatic heterocycles. The average molecular weight is 292 g/mol. The Kier molecular flexibility index (Phi) is 5.05. The van der Waals surface area contributed by atoms with Crippen LogP contribution in [0.1, 0.15) is 53.6 Å². The third-order valence-electron chi connectivity index (χ3n) is 4.80. The number of hydrogen-bond donors (Lipinski definition) is 0. The first kappa shape index (κ1) is 15.0. The van der Waals surface area contributed by atoms with Crippen LogP contribution in [0.5, 0.6) is 0 Å². The van der Waals surface area contributed by atoms with Gasteiger partial charge in [0.1, 0.15) is 0 Å². The quantitative estimate of drug-likeness (QED) is 0.689. The molecule has 2 aromatic rings. The molecule has 0 amide bonds. The first-order valence-corrected chi connectivity index (χ1v) is 8.48. The van der Waals surface area contributed by atoms with Gasteiger partial charge in [-0.25, -0.2) is 0 Å². The van der Waals surface area contributed by atoms with Gasteiger partial charge in [-0.2, -0.15) is 0 Å². The predicted molar refractivity (Wildman–Crippen MR) is 91.2 cm³/mol. The summed E-state index contributed by atoms with van der Waals surface area (Å²) >= 11 is 0. The Balaban J connectivity index is 1.72. The molecule has 1 fully saturated rings. The number of Topliss-reactive ketones (excluding diaryl/α,β-unsaturated/α-hetero) is 1. The minimum absolute atomic E-state index is 0.219. The lowest BCUT2D eigenvalue weighted by Crippen LogP contribution is -2.12. The molecule has 0 bridgehead atoms. The van der Waals surface area contributed by atoms with Crippen LogP contribution in [0.3, 0.4) is 0 Å². The van der Waals surface area contributed by atoms with Gasteiger partial charge in [-0.1, -0.05) is 86.7 Å². The molecule has 0 N–H and O–H groups in total. The summed E-state index contributed by atoms with van der Waals surface area (Å²) in [4.78, 5) is 12.5. The van der Waals surface area contributed by atoms with Gasteiger partial charge in [0.2, 0.25) is 0 Å². The lowest BCUT2D eigenvalue weighted by molar-refractivity contribution is 0.0992. The monoisotopic (exact) mass is 292 g/mol. The number of carbonyl (C=O) groups is 1. The van der Waals surface area contributed by atoms with E-state index in [1.807, 2.05) is 30.3 Å². The summed E-state index contributed by atoms with van der Waals surface area (Å²) in [6.45, 7) is 0. The largest absolute Gasteiger partial charge is 0.294 e. The molecule has 0 saturated heterocycles. The van der Waals surface area contributed by atoms with Crippen molar-refractivity contribution in [3.05, 3.63) is 71.3 Å². The predicted octanol–water partition coefficient (Wildman–Crippen LogP) is 5.23. The van der Waals surface area contributed by atoms with Gasteiger partial charge in [0, 0.05) is 12.0 Å². The number of ketones is 1. The highest BCUT2D eigenvalue weighted by atomic mass is 16.1. The van der Waals surface area contributed by atoms with E-state index in [2.05, 4.69) is 24.3 Å². The van der Waals surface area contributed by atoms with Gasteiger partial charge in [0.05, 0.1) is 0 Å². The van der Waals surface area contributed by atoms with Crippen LogP contribution in [0.2, 0.25) is 0 Å². The van der Waals surface area contributed by atoms with Crippen molar-refractivity contribution in [2.45, 2.75) is 44.9 Å². The molecule has 3 rings (SSSR count). The minimum atomic E-state index is 0.219. The molecule has 1 saturated carbocycles. The molecule has 0 atom stereocenters. The van der Waals surface area contributed by atoms with Crippen LogP contribution in [-0.4, -0.2) is 5.78 Å². The normalized spacial score (nSPS) is 15.6. The van der Waals surface area contributed by atoms with Crippen LogP contribution in [-0.2, 0) is 12.8 Å². The van der Waals surface area contributed by atoms with Crippen LogP contribution in [0.15, 0.2) is 54.6 Å². The number of benzene rings is 2. The van der Waals surface area contributed by atoms with E-state index < -0.39 is 0 Å². The van der Waals surface area contributed by atoms with Gasteiger partial charge in [-0.3, -0.25) is 4.79 Å². The Hall–Kier alpha value is -1.89. The third kappa shape index (κ3) is 3.85. The van der Waals surface area contributed by atoms with Crippen molar-refractivity contribution >= 4 is 5.78 Å². The fourth-order valence-electron chi connectivity index (χ4n) is 3.53. The Bertz CT molecular complexity index is 609. The SMILES string of the molecule is O=C(Cc1ccccc1CC1CCCCC1)c1ccccc1. The third-order valence-corrected chi connectivity index (χ3v) is 4.80. The highest BCUT2D eigenvalue weighted by Gasteiger charge is 2.16. The van der Waals surface area contributed by atoms with Gasteiger partial charge in [-0.05, 0) is 23.5 Å². The molecular formula is C21H24O. The molecule has 22 heavy (non-hydrogen) atoms. The van der Waals surface area contributed by atoms with Crippen molar-refractivity contribution < 1.29 is 4.79 Å². The molecule has 0 heterocycles. The summed E-state index contributed by atoms with van der Waals surface area (Å²) in [6, 6.07) is 18.1. The van der Waals surface area contributed by atoms with E-state index in [1.165, 1.54) is 43.2 Å². The molecule has 0 radical (unpaired) electrons. The van der Waals surface area contributed by atoms with Crippen molar-refractivity contribution in [1.29, 1.82) is 0 Å². The average Bonchev–Trinajstić information content (AvgIpc) is 2.58. The van der Waals surface area contributed by atoms with Crippen LogP contribution in [0, 0.1) is 5.92 Å². The van der Waals surface area contributed by atoms with Crippen LogP contribution >= 0.6 is 0 Å². The first-order chi connectivity index (χ1) is 10.8. The molecule has 114 valence electrons. The van der Waals surface area contributed by atoms with Crippen molar-refractivity contribution in [3.8, 4) is 0 Å². The van der Waals surface area contributed by atoms with Crippen LogP contribution in [0.25, 0.3) is 0 Å². The van der Waals surface area contributed by atoms with Crippen LogP contribution < -0.4 is 0 Å². The summed E-state index contributed by atoms with van der Waals surface area (Å²) in [5.41, 5.74) is 3.40. The second-order valence-corrected chi connectivity index (χ2v) is 6.44. The van der Waals surface area contributed by atoms with Crippen molar-refractivity contribution in [2.75, 3.05) is 0 Å². The molecule has 1 aliphatic carbocycles. The summed E-state index contributed by atoms with van der Waals surface area (Å²) in [5, 5.41) is 0.